The molecule has 0 aromatic carbocycles. The molecule has 0 spiro atoms. The first kappa shape index (κ1) is 21.3. The number of hydrogen-bond acceptors (Lipinski definition) is 5. The summed E-state index contributed by atoms with van der Waals surface area (Å²) in [6.45, 7) is 2.52. The fourth-order valence-corrected chi connectivity index (χ4v) is 3.35. The van der Waals surface area contributed by atoms with Crippen molar-refractivity contribution < 1.29 is 23.3 Å². The van der Waals surface area contributed by atoms with Crippen molar-refractivity contribution in [3.05, 3.63) is 35.8 Å². The minimum absolute atomic E-state index is 0.0194. The Morgan fingerprint density at radius 2 is 2.10 bits per heavy atom. The van der Waals surface area contributed by atoms with Crippen LogP contribution in [0.2, 0.25) is 0 Å². The van der Waals surface area contributed by atoms with Gasteiger partial charge >= 0.3 is 0 Å². The van der Waals surface area contributed by atoms with Gasteiger partial charge < -0.3 is 10.6 Å². The zero-order valence-electron chi connectivity index (χ0n) is 16.6. The molecule has 1 aliphatic heterocycles. The molecule has 3 amide bonds. The first-order chi connectivity index (χ1) is 14.2. The molecule has 0 unspecified atom stereocenters. The van der Waals surface area contributed by atoms with Crippen LogP contribution in [0.5, 0.6) is 0 Å². The van der Waals surface area contributed by atoms with Crippen LogP contribution in [0.1, 0.15) is 30.8 Å². The maximum atomic E-state index is 14.2. The topological polar surface area (TPSA) is 114 Å². The van der Waals surface area contributed by atoms with Gasteiger partial charge in [0.15, 0.2) is 5.69 Å². The average Bonchev–Trinajstić information content (AvgIpc) is 3.26. The number of allylic oxidation sites excluding steroid dienone is 1. The summed E-state index contributed by atoms with van der Waals surface area (Å²) >= 11 is 0. The fraction of sp³-hybridized carbons (Fsp3) is 0.421. The van der Waals surface area contributed by atoms with E-state index in [9.17, 15) is 23.3 Å². The Labute approximate surface area is 171 Å². The van der Waals surface area contributed by atoms with Crippen molar-refractivity contribution >= 4 is 28.6 Å². The largest absolute Gasteiger partial charge is 0.364 e. The number of pyridine rings is 1. The number of carbonyl (C=O) groups is 3. The first-order valence-corrected chi connectivity index (χ1v) is 9.33. The number of fused-ring (bicyclic) bond motifs is 1. The summed E-state index contributed by atoms with van der Waals surface area (Å²) in [5.74, 6) is -2.39. The number of primary amides is 1. The second-order valence-corrected chi connectivity index (χ2v) is 7.32. The number of nitrogens with two attached hydrogens (primary N) is 1. The minimum Gasteiger partial charge on any atom is -0.364 e. The van der Waals surface area contributed by atoms with Gasteiger partial charge in [0, 0.05) is 18.0 Å². The molecule has 0 saturated carbocycles. The third kappa shape index (κ3) is 4.29. The molecule has 1 saturated heterocycles. The van der Waals surface area contributed by atoms with Gasteiger partial charge in [0.25, 0.3) is 11.8 Å². The van der Waals surface area contributed by atoms with Gasteiger partial charge in [-0.15, -0.1) is 0 Å². The molecular formula is C19H22F2N6O3. The van der Waals surface area contributed by atoms with Crippen molar-refractivity contribution in [2.24, 2.45) is 5.73 Å². The van der Waals surface area contributed by atoms with E-state index in [0.717, 1.165) is 10.5 Å². The fourth-order valence-electron chi connectivity index (χ4n) is 3.35. The number of carbonyl (C=O) groups excluding carboxylic acids is 3. The standard InChI is InChI=1S/C19H22F2N6O3/c1-11(2)4-6-26(21)19(30)14-7-12(20)9-25(14)16(28)10-27-15-8-23-5-3-13(15)17(24-27)18(22)29/h3-5,8,12,14H,6-7,9-10H2,1-2H3,(H2,22,29)/t12-,14+/m1/s1. The lowest BCUT2D eigenvalue weighted by Gasteiger charge is -2.25. The summed E-state index contributed by atoms with van der Waals surface area (Å²) < 4.78 is 29.4. The Morgan fingerprint density at radius 1 is 1.37 bits per heavy atom. The van der Waals surface area contributed by atoms with Gasteiger partial charge in [0.2, 0.25) is 5.91 Å². The smallest absolute Gasteiger partial charge is 0.273 e. The van der Waals surface area contributed by atoms with Crippen LogP contribution in [0.4, 0.5) is 8.87 Å². The zero-order chi connectivity index (χ0) is 22.0. The monoisotopic (exact) mass is 420 g/mol. The number of aromatic nitrogens is 3. The summed E-state index contributed by atoms with van der Waals surface area (Å²) in [7, 11) is 0. The predicted octanol–water partition coefficient (Wildman–Crippen LogP) is 1.15. The van der Waals surface area contributed by atoms with Crippen molar-refractivity contribution in [1.29, 1.82) is 0 Å². The number of rotatable bonds is 6. The Bertz CT molecular complexity index is 1020. The van der Waals surface area contributed by atoms with Crippen molar-refractivity contribution in [2.75, 3.05) is 13.1 Å². The molecule has 2 aromatic heterocycles. The lowest BCUT2D eigenvalue weighted by Crippen LogP contribution is -2.46. The van der Waals surface area contributed by atoms with E-state index in [1.807, 2.05) is 0 Å². The third-order valence-corrected chi connectivity index (χ3v) is 4.83. The summed E-state index contributed by atoms with van der Waals surface area (Å²) in [4.78, 5) is 41.9. The van der Waals surface area contributed by atoms with E-state index in [0.29, 0.717) is 10.9 Å². The van der Waals surface area contributed by atoms with E-state index < -0.39 is 29.9 Å². The van der Waals surface area contributed by atoms with Crippen LogP contribution in [-0.4, -0.2) is 67.8 Å². The number of likely N-dealkylation sites (tertiary alicyclic amines) is 1. The van der Waals surface area contributed by atoms with Crippen molar-refractivity contribution in [3.8, 4) is 0 Å². The lowest BCUT2D eigenvalue weighted by atomic mass is 10.2. The Morgan fingerprint density at radius 3 is 2.77 bits per heavy atom. The van der Waals surface area contributed by atoms with E-state index in [1.165, 1.54) is 29.2 Å². The van der Waals surface area contributed by atoms with Gasteiger partial charge in [-0.05, 0) is 19.9 Å². The van der Waals surface area contributed by atoms with Crippen LogP contribution in [0.3, 0.4) is 0 Å². The molecule has 11 heteroatoms. The van der Waals surface area contributed by atoms with E-state index in [4.69, 9.17) is 5.73 Å². The number of alkyl halides is 1. The molecule has 0 bridgehead atoms. The number of amides is 3. The molecule has 3 rings (SSSR count). The van der Waals surface area contributed by atoms with Gasteiger partial charge in [-0.1, -0.05) is 16.1 Å². The molecule has 0 radical (unpaired) electrons. The van der Waals surface area contributed by atoms with E-state index in [-0.39, 0.29) is 36.9 Å². The molecule has 30 heavy (non-hydrogen) atoms. The maximum Gasteiger partial charge on any atom is 0.273 e. The highest BCUT2D eigenvalue weighted by molar-refractivity contribution is 6.04. The molecule has 3 heterocycles. The van der Waals surface area contributed by atoms with Gasteiger partial charge in [-0.25, -0.2) is 4.39 Å². The molecule has 1 fully saturated rings. The van der Waals surface area contributed by atoms with Gasteiger partial charge in [-0.2, -0.15) is 10.2 Å². The summed E-state index contributed by atoms with van der Waals surface area (Å²) in [5, 5.41) is 4.45. The van der Waals surface area contributed by atoms with Crippen molar-refractivity contribution in [1.82, 2.24) is 24.8 Å². The second kappa shape index (κ2) is 8.56. The van der Waals surface area contributed by atoms with E-state index in [2.05, 4.69) is 10.1 Å². The van der Waals surface area contributed by atoms with E-state index in [1.54, 1.807) is 13.8 Å². The SMILES string of the molecule is CC(C)=CCN(F)C(=O)[C@@H]1C[C@@H](F)CN1C(=O)Cn1nc(C(N)=O)c2ccncc21. The van der Waals surface area contributed by atoms with Gasteiger partial charge in [0.1, 0.15) is 18.8 Å². The van der Waals surface area contributed by atoms with E-state index >= 15 is 0 Å². The molecule has 9 nitrogen and oxygen atoms in total. The van der Waals surface area contributed by atoms with Crippen LogP contribution in [-0.2, 0) is 16.1 Å². The number of hydrogen-bond donors (Lipinski definition) is 1. The normalized spacial score (nSPS) is 18.5. The maximum absolute atomic E-state index is 14.2. The van der Waals surface area contributed by atoms with Crippen LogP contribution in [0.25, 0.3) is 10.9 Å². The highest BCUT2D eigenvalue weighted by Crippen LogP contribution is 2.24. The number of nitrogens with zero attached hydrogens (tertiary/aromatic N) is 5. The quantitative estimate of drug-likeness (QED) is 0.556. The van der Waals surface area contributed by atoms with Crippen LogP contribution in [0.15, 0.2) is 30.1 Å². The molecule has 2 N–H and O–H groups in total. The average molecular weight is 420 g/mol. The molecule has 2 atom stereocenters. The Kier molecular flexibility index (Phi) is 6.09. The Balaban J connectivity index is 1.82. The minimum atomic E-state index is -1.45. The Hall–Kier alpha value is -3.37. The predicted molar refractivity (Wildman–Crippen MR) is 103 cm³/mol. The van der Waals surface area contributed by atoms with Crippen molar-refractivity contribution in [3.63, 3.8) is 0 Å². The van der Waals surface area contributed by atoms with Crippen LogP contribution < -0.4 is 5.73 Å². The third-order valence-electron chi connectivity index (χ3n) is 4.83. The lowest BCUT2D eigenvalue weighted by molar-refractivity contribution is -0.154. The number of halogens is 2. The second-order valence-electron chi connectivity index (χ2n) is 7.32. The van der Waals surface area contributed by atoms with Crippen LogP contribution in [0, 0.1) is 0 Å². The first-order valence-electron chi connectivity index (χ1n) is 9.33. The highest BCUT2D eigenvalue weighted by atomic mass is 19.2. The zero-order valence-corrected chi connectivity index (χ0v) is 16.6. The molecule has 160 valence electrons. The van der Waals surface area contributed by atoms with Gasteiger partial charge in [-0.3, -0.25) is 24.0 Å². The summed E-state index contributed by atoms with van der Waals surface area (Å²) in [5.41, 5.74) is 6.50. The van der Waals surface area contributed by atoms with Gasteiger partial charge in [0.05, 0.1) is 24.8 Å². The van der Waals surface area contributed by atoms with Crippen LogP contribution >= 0.6 is 0 Å². The highest BCUT2D eigenvalue weighted by Gasteiger charge is 2.42. The molecule has 2 aromatic rings. The summed E-state index contributed by atoms with van der Waals surface area (Å²) in [6.07, 6.45) is 2.65. The molecular weight excluding hydrogens is 398 g/mol. The summed E-state index contributed by atoms with van der Waals surface area (Å²) in [6, 6.07) is 0.284. The van der Waals surface area contributed by atoms with Crippen molar-refractivity contribution in [2.45, 2.75) is 39.0 Å². The molecule has 0 aliphatic carbocycles. The molecule has 1 aliphatic rings.